The summed E-state index contributed by atoms with van der Waals surface area (Å²) >= 11 is 13.2. The predicted octanol–water partition coefficient (Wildman–Crippen LogP) is 3.69. The van der Waals surface area contributed by atoms with Crippen LogP contribution < -0.4 is 11.1 Å². The van der Waals surface area contributed by atoms with Crippen LogP contribution in [-0.4, -0.2) is 11.5 Å². The number of rotatable bonds is 4. The van der Waals surface area contributed by atoms with Crippen molar-refractivity contribution in [1.29, 1.82) is 0 Å². The van der Waals surface area contributed by atoms with Crippen LogP contribution in [0.3, 0.4) is 0 Å². The van der Waals surface area contributed by atoms with E-state index < -0.39 is 0 Å². The molecule has 0 fully saturated rings. The number of halogens is 2. The summed E-state index contributed by atoms with van der Waals surface area (Å²) in [5.74, 6) is 0.625. The summed E-state index contributed by atoms with van der Waals surface area (Å²) < 4.78 is 0.806. The highest BCUT2D eigenvalue weighted by molar-refractivity contribution is 7.16. The molecule has 0 aliphatic heterocycles. The monoisotopic (exact) mass is 287 g/mol. The minimum absolute atomic E-state index is 0.431. The van der Waals surface area contributed by atoms with Gasteiger partial charge in [-0.05, 0) is 30.7 Å². The smallest absolute Gasteiger partial charge is 0.150 e. The number of nitrogens with zero attached hydrogens (tertiary/aromatic N) is 1. The quantitative estimate of drug-likeness (QED) is 0.844. The van der Waals surface area contributed by atoms with Gasteiger partial charge in [-0.3, -0.25) is 0 Å². The lowest BCUT2D eigenvalue weighted by Gasteiger charge is -2.07. The van der Waals surface area contributed by atoms with Crippen LogP contribution in [0.2, 0.25) is 9.49 Å². The number of nitrogen functional groups attached to an aromatic ring is 1. The number of anilines is 2. The summed E-state index contributed by atoms with van der Waals surface area (Å²) in [5, 5.41) is 3.59. The van der Waals surface area contributed by atoms with Gasteiger partial charge in [0.15, 0.2) is 5.82 Å². The van der Waals surface area contributed by atoms with E-state index in [2.05, 4.69) is 10.3 Å². The van der Waals surface area contributed by atoms with E-state index >= 15 is 0 Å². The molecule has 2 heterocycles. The van der Waals surface area contributed by atoms with E-state index in [9.17, 15) is 0 Å². The zero-order valence-corrected chi connectivity index (χ0v) is 11.2. The first-order valence-corrected chi connectivity index (χ1v) is 6.62. The summed E-state index contributed by atoms with van der Waals surface area (Å²) in [5.41, 5.74) is 6.37. The number of hydrogen-bond donors (Lipinski definition) is 2. The van der Waals surface area contributed by atoms with Crippen LogP contribution in [0.15, 0.2) is 24.3 Å². The van der Waals surface area contributed by atoms with Crippen molar-refractivity contribution in [1.82, 2.24) is 4.98 Å². The number of nitrogens with two attached hydrogens (primary N) is 1. The van der Waals surface area contributed by atoms with Crippen LogP contribution in [-0.2, 0) is 6.42 Å². The highest BCUT2D eigenvalue weighted by Crippen LogP contribution is 2.22. The van der Waals surface area contributed by atoms with Crippen molar-refractivity contribution in [3.05, 3.63) is 38.6 Å². The van der Waals surface area contributed by atoms with Gasteiger partial charge in [0.05, 0.1) is 10.0 Å². The lowest BCUT2D eigenvalue weighted by molar-refractivity contribution is 1.03. The number of aromatic nitrogens is 1. The fourth-order valence-electron chi connectivity index (χ4n) is 1.38. The Kier molecular flexibility index (Phi) is 4.10. The third-order valence-corrected chi connectivity index (χ3v) is 3.69. The molecule has 90 valence electrons. The maximum Gasteiger partial charge on any atom is 0.150 e. The third-order valence-electron chi connectivity index (χ3n) is 2.19. The van der Waals surface area contributed by atoms with Crippen molar-refractivity contribution in [3.63, 3.8) is 0 Å². The fourth-order valence-corrected chi connectivity index (χ4v) is 2.61. The van der Waals surface area contributed by atoms with Gasteiger partial charge in [-0.2, -0.15) is 0 Å². The van der Waals surface area contributed by atoms with E-state index in [1.54, 1.807) is 23.5 Å². The molecule has 6 heteroatoms. The summed E-state index contributed by atoms with van der Waals surface area (Å²) in [6.07, 6.45) is 0.880. The van der Waals surface area contributed by atoms with E-state index in [1.807, 2.05) is 12.1 Å². The Bertz CT molecular complexity index is 513. The number of pyridine rings is 1. The first-order valence-electron chi connectivity index (χ1n) is 5.05. The number of hydrogen-bond acceptors (Lipinski definition) is 4. The molecule has 0 radical (unpaired) electrons. The van der Waals surface area contributed by atoms with E-state index in [0.29, 0.717) is 16.7 Å². The Balaban J connectivity index is 1.91. The van der Waals surface area contributed by atoms with Gasteiger partial charge in [0.2, 0.25) is 0 Å². The molecule has 0 unspecified atom stereocenters. The van der Waals surface area contributed by atoms with Gasteiger partial charge in [0.1, 0.15) is 5.15 Å². The largest absolute Gasteiger partial charge is 0.396 e. The van der Waals surface area contributed by atoms with Crippen molar-refractivity contribution in [2.45, 2.75) is 6.42 Å². The third kappa shape index (κ3) is 3.49. The molecule has 2 aromatic rings. The molecule has 0 spiro atoms. The second kappa shape index (κ2) is 5.58. The Labute approximate surface area is 114 Å². The molecule has 0 aliphatic rings. The second-order valence-electron chi connectivity index (χ2n) is 3.45. The second-order valence-corrected chi connectivity index (χ2v) is 5.64. The van der Waals surface area contributed by atoms with E-state index in [0.717, 1.165) is 17.3 Å². The van der Waals surface area contributed by atoms with Crippen molar-refractivity contribution >= 4 is 46.0 Å². The van der Waals surface area contributed by atoms with Crippen LogP contribution >= 0.6 is 34.5 Å². The highest BCUT2D eigenvalue weighted by Gasteiger charge is 2.02. The molecule has 0 atom stereocenters. The van der Waals surface area contributed by atoms with Crippen LogP contribution in [0.5, 0.6) is 0 Å². The first-order chi connectivity index (χ1) is 8.15. The Morgan fingerprint density at radius 3 is 2.76 bits per heavy atom. The minimum Gasteiger partial charge on any atom is -0.396 e. The summed E-state index contributed by atoms with van der Waals surface area (Å²) in [6.45, 7) is 0.744. The SMILES string of the molecule is Nc1ccc(Cl)nc1NCCc1ccc(Cl)s1. The molecule has 0 amide bonds. The fraction of sp³-hybridized carbons (Fsp3) is 0.182. The van der Waals surface area contributed by atoms with Crippen LogP contribution in [0.1, 0.15) is 4.88 Å². The minimum atomic E-state index is 0.431. The first kappa shape index (κ1) is 12.5. The summed E-state index contributed by atoms with van der Waals surface area (Å²) in [6, 6.07) is 7.32. The lowest BCUT2D eigenvalue weighted by Crippen LogP contribution is -2.07. The van der Waals surface area contributed by atoms with Gasteiger partial charge in [-0.1, -0.05) is 23.2 Å². The van der Waals surface area contributed by atoms with E-state index in [4.69, 9.17) is 28.9 Å². The molecule has 3 N–H and O–H groups in total. The van der Waals surface area contributed by atoms with Gasteiger partial charge in [0, 0.05) is 11.4 Å². The Morgan fingerprint density at radius 2 is 2.06 bits per heavy atom. The molecule has 17 heavy (non-hydrogen) atoms. The number of nitrogens with one attached hydrogen (secondary N) is 1. The Morgan fingerprint density at radius 1 is 1.24 bits per heavy atom. The van der Waals surface area contributed by atoms with Crippen molar-refractivity contribution in [2.75, 3.05) is 17.6 Å². The molecule has 0 bridgehead atoms. The van der Waals surface area contributed by atoms with Crippen molar-refractivity contribution in [2.24, 2.45) is 0 Å². The van der Waals surface area contributed by atoms with Crippen LogP contribution in [0, 0.1) is 0 Å². The van der Waals surface area contributed by atoms with Gasteiger partial charge in [-0.15, -0.1) is 11.3 Å². The molecular formula is C11H11Cl2N3S. The maximum absolute atomic E-state index is 5.85. The summed E-state index contributed by atoms with van der Waals surface area (Å²) in [7, 11) is 0. The normalized spacial score (nSPS) is 10.5. The zero-order valence-electron chi connectivity index (χ0n) is 8.91. The standard InChI is InChI=1S/C11H11Cl2N3S/c12-9-3-2-8(14)11(16-9)15-6-5-7-1-4-10(13)17-7/h1-4H,5-6,14H2,(H,15,16). The molecule has 0 aliphatic carbocycles. The lowest BCUT2D eigenvalue weighted by atomic mass is 10.3. The van der Waals surface area contributed by atoms with Crippen LogP contribution in [0.4, 0.5) is 11.5 Å². The molecule has 3 nitrogen and oxygen atoms in total. The topological polar surface area (TPSA) is 50.9 Å². The molecule has 0 saturated carbocycles. The van der Waals surface area contributed by atoms with E-state index in [-0.39, 0.29) is 0 Å². The average Bonchev–Trinajstić information content (AvgIpc) is 2.69. The molecule has 2 rings (SSSR count). The Hall–Kier alpha value is -0.970. The van der Waals surface area contributed by atoms with Gasteiger partial charge >= 0.3 is 0 Å². The van der Waals surface area contributed by atoms with Gasteiger partial charge in [0.25, 0.3) is 0 Å². The molecule has 0 saturated heterocycles. The number of thiophene rings is 1. The van der Waals surface area contributed by atoms with Gasteiger partial charge < -0.3 is 11.1 Å². The van der Waals surface area contributed by atoms with Crippen molar-refractivity contribution < 1.29 is 0 Å². The predicted molar refractivity (Wildman–Crippen MR) is 75.2 cm³/mol. The molecule has 0 aromatic carbocycles. The molecule has 2 aromatic heterocycles. The van der Waals surface area contributed by atoms with Crippen LogP contribution in [0.25, 0.3) is 0 Å². The van der Waals surface area contributed by atoms with Crippen molar-refractivity contribution in [3.8, 4) is 0 Å². The molecular weight excluding hydrogens is 277 g/mol. The van der Waals surface area contributed by atoms with Gasteiger partial charge in [-0.25, -0.2) is 4.98 Å². The zero-order chi connectivity index (χ0) is 12.3. The average molecular weight is 288 g/mol. The highest BCUT2D eigenvalue weighted by atomic mass is 35.5. The summed E-state index contributed by atoms with van der Waals surface area (Å²) in [4.78, 5) is 5.34. The maximum atomic E-state index is 5.85. The van der Waals surface area contributed by atoms with E-state index in [1.165, 1.54) is 4.88 Å².